The molecule has 8 rings (SSSR count). The molecule has 62 heavy (non-hydrogen) atoms. The zero-order chi connectivity index (χ0) is 45.2. The Kier molecular flexibility index (Phi) is 10.7. The summed E-state index contributed by atoms with van der Waals surface area (Å²) in [5, 5.41) is 16.5. The Bertz CT molecular complexity index is 2060. The first kappa shape index (κ1) is 45.1. The molecule has 0 radical (unpaired) electrons. The van der Waals surface area contributed by atoms with E-state index in [0.29, 0.717) is 24.7 Å². The highest BCUT2D eigenvalue weighted by molar-refractivity contribution is 6.03. The van der Waals surface area contributed by atoms with E-state index in [4.69, 9.17) is 4.74 Å². The van der Waals surface area contributed by atoms with E-state index in [1.54, 1.807) is 0 Å². The fraction of sp³-hybridized carbons (Fsp3) is 0.755. The first-order valence-corrected chi connectivity index (χ1v) is 24.2. The van der Waals surface area contributed by atoms with Gasteiger partial charge in [0.2, 0.25) is 11.8 Å². The fourth-order valence-electron chi connectivity index (χ4n) is 16.1. The molecule has 9 nitrogen and oxygen atoms in total. The number of hydrogen-bond donors (Lipinski definition) is 3. The molecular weight excluding hydrogens is 777 g/mol. The third-order valence-corrected chi connectivity index (χ3v) is 20.0. The van der Waals surface area contributed by atoms with E-state index < -0.39 is 39.7 Å². The first-order valence-electron chi connectivity index (χ1n) is 24.2. The number of ketones is 1. The molecule has 6 saturated carbocycles. The van der Waals surface area contributed by atoms with Crippen LogP contribution in [0.2, 0.25) is 0 Å². The monoisotopic (exact) mass is 853 g/mol. The van der Waals surface area contributed by atoms with Crippen LogP contribution in [-0.2, 0) is 34.1 Å². The normalized spacial score (nSPS) is 39.1. The molecule has 0 spiro atoms. The number of benzene rings is 1. The van der Waals surface area contributed by atoms with Crippen LogP contribution in [-0.4, -0.2) is 51.8 Å². The highest BCUT2D eigenvalue weighted by Gasteiger charge is 2.71. The van der Waals surface area contributed by atoms with Crippen molar-refractivity contribution in [1.29, 1.82) is 0 Å². The summed E-state index contributed by atoms with van der Waals surface area (Å²) in [5.74, 6) is -1.23. The number of esters is 1. The summed E-state index contributed by atoms with van der Waals surface area (Å²) < 4.78 is 6.44. The minimum atomic E-state index is -1.20. The van der Waals surface area contributed by atoms with Gasteiger partial charge in [-0.1, -0.05) is 105 Å². The van der Waals surface area contributed by atoms with Gasteiger partial charge in [-0.3, -0.25) is 24.0 Å². The van der Waals surface area contributed by atoms with Crippen LogP contribution < -0.4 is 10.6 Å². The number of fused-ring (bicyclic) bond motifs is 7. The molecule has 0 saturated heterocycles. The summed E-state index contributed by atoms with van der Waals surface area (Å²) in [5.41, 5.74) is -0.518. The van der Waals surface area contributed by atoms with Gasteiger partial charge in [-0.05, 0) is 147 Å². The highest BCUT2D eigenvalue weighted by Crippen LogP contribution is 2.76. The van der Waals surface area contributed by atoms with Crippen molar-refractivity contribution in [2.24, 2.45) is 62.6 Å². The summed E-state index contributed by atoms with van der Waals surface area (Å²) in [6.07, 6.45) is 11.2. The van der Waals surface area contributed by atoms with Gasteiger partial charge in [-0.15, -0.1) is 0 Å². The molecule has 0 aromatic heterocycles. The maximum absolute atomic E-state index is 14.7. The Morgan fingerprint density at radius 3 is 2.05 bits per heavy atom. The van der Waals surface area contributed by atoms with E-state index in [0.717, 1.165) is 81.8 Å². The number of carbonyl (C=O) groups excluding carboxylic acids is 4. The predicted molar refractivity (Wildman–Crippen MR) is 240 cm³/mol. The van der Waals surface area contributed by atoms with Gasteiger partial charge >= 0.3 is 11.9 Å². The molecule has 1 aromatic rings. The summed E-state index contributed by atoms with van der Waals surface area (Å²) in [4.78, 5) is 68.9. The topological polar surface area (TPSA) is 139 Å². The van der Waals surface area contributed by atoms with Gasteiger partial charge < -0.3 is 20.5 Å². The van der Waals surface area contributed by atoms with E-state index in [1.165, 1.54) is 5.57 Å². The SMILES string of the molecule is CC(C)C1=C2[C@H]3CC[C@@H]4[C@@]5(C)CC[C@H](OC(=O)C6C[C@@H](C(=O)O)C6(C)C)C(C)(C)[C@@H]5CC[C@@]4(C)[C@]3(C)CC[C@@]2(NC(=O)C(C)(C)NC(=O)C2(c3ccccc3)CCCC2)CC1=O. The number of aliphatic carboxylic acids is 1. The second-order valence-electron chi connectivity index (χ2n) is 24.3. The molecule has 9 heteroatoms. The van der Waals surface area contributed by atoms with E-state index in [-0.39, 0.29) is 69.6 Å². The maximum Gasteiger partial charge on any atom is 0.309 e. The molecule has 340 valence electrons. The van der Waals surface area contributed by atoms with Gasteiger partial charge in [0.05, 0.1) is 22.8 Å². The lowest BCUT2D eigenvalue weighted by Crippen LogP contribution is -2.68. The van der Waals surface area contributed by atoms with E-state index >= 15 is 0 Å². The number of nitrogens with one attached hydrogen (secondary N) is 2. The molecule has 0 heterocycles. The van der Waals surface area contributed by atoms with Crippen LogP contribution in [0.3, 0.4) is 0 Å². The number of allylic oxidation sites excluding steroid dienone is 1. The third kappa shape index (κ3) is 6.36. The third-order valence-electron chi connectivity index (χ3n) is 20.0. The largest absolute Gasteiger partial charge is 0.481 e. The average molecular weight is 853 g/mol. The zero-order valence-corrected chi connectivity index (χ0v) is 39.7. The first-order chi connectivity index (χ1) is 28.8. The summed E-state index contributed by atoms with van der Waals surface area (Å²) >= 11 is 0. The number of ether oxygens (including phenoxy) is 1. The van der Waals surface area contributed by atoms with Crippen LogP contribution in [0, 0.1) is 62.6 Å². The van der Waals surface area contributed by atoms with Crippen molar-refractivity contribution in [2.45, 2.75) is 189 Å². The molecule has 0 bridgehead atoms. The second kappa shape index (κ2) is 14.8. The highest BCUT2D eigenvalue weighted by atomic mass is 16.5. The standard InChI is InChI=1S/C53H76N2O7/c1-31(2)40-36(56)30-53(55-44(60)48(7,8)54-45(61)52(23-15-16-24-52)32-17-13-12-14-18-32)28-27-50(10)33(41(40)53)19-20-38-49(9)25-22-39(47(5,6)37(49)21-26-51(38,50)11)62-43(59)35-29-34(42(57)58)46(35,3)4/h12-14,17-18,31,33-35,37-39H,15-16,19-30H2,1-11H3,(H,54,61)(H,55,60)(H,57,58)/t33-,34+,35?,37+,38-,39+,49+,50-,51-,53-/m1/s1. The predicted octanol–water partition coefficient (Wildman–Crippen LogP) is 9.90. The van der Waals surface area contributed by atoms with Crippen LogP contribution in [0.25, 0.3) is 0 Å². The number of amides is 2. The van der Waals surface area contributed by atoms with Gasteiger partial charge in [-0.25, -0.2) is 0 Å². The van der Waals surface area contributed by atoms with Gasteiger partial charge in [0.1, 0.15) is 11.6 Å². The lowest BCUT2D eigenvalue weighted by Gasteiger charge is -2.72. The molecule has 6 fully saturated rings. The van der Waals surface area contributed by atoms with E-state index in [1.807, 2.05) is 58.0 Å². The van der Waals surface area contributed by atoms with Crippen molar-refractivity contribution >= 4 is 29.5 Å². The van der Waals surface area contributed by atoms with Crippen molar-refractivity contribution in [3.8, 4) is 0 Å². The van der Waals surface area contributed by atoms with Gasteiger partial charge in [0.15, 0.2) is 5.78 Å². The number of carbonyl (C=O) groups is 5. The number of hydrogen-bond acceptors (Lipinski definition) is 6. The Hall–Kier alpha value is -3.49. The Morgan fingerprint density at radius 2 is 1.44 bits per heavy atom. The van der Waals surface area contributed by atoms with Crippen molar-refractivity contribution in [3.63, 3.8) is 0 Å². The van der Waals surface area contributed by atoms with Crippen molar-refractivity contribution < 1.29 is 33.8 Å². The van der Waals surface area contributed by atoms with Crippen molar-refractivity contribution in [3.05, 3.63) is 47.0 Å². The quantitative estimate of drug-likeness (QED) is 0.210. The van der Waals surface area contributed by atoms with Crippen LogP contribution in [0.5, 0.6) is 0 Å². The van der Waals surface area contributed by atoms with Gasteiger partial charge in [0.25, 0.3) is 0 Å². The van der Waals surface area contributed by atoms with Crippen LogP contribution in [0.15, 0.2) is 41.5 Å². The van der Waals surface area contributed by atoms with Crippen LogP contribution in [0.4, 0.5) is 0 Å². The number of carboxylic acid groups (broad SMARTS) is 1. The molecular formula is C53H76N2O7. The molecule has 1 aromatic carbocycles. The second-order valence-corrected chi connectivity index (χ2v) is 24.3. The summed E-state index contributed by atoms with van der Waals surface area (Å²) in [6, 6.07) is 10.0. The molecule has 1 unspecified atom stereocenters. The molecule has 7 aliphatic carbocycles. The Labute approximate surface area is 371 Å². The molecule has 2 amide bonds. The molecule has 3 N–H and O–H groups in total. The smallest absolute Gasteiger partial charge is 0.309 e. The van der Waals surface area contributed by atoms with Crippen molar-refractivity contribution in [1.82, 2.24) is 10.6 Å². The number of carboxylic acids is 1. The minimum Gasteiger partial charge on any atom is -0.481 e. The summed E-state index contributed by atoms with van der Waals surface area (Å²) in [6.45, 7) is 23.8. The van der Waals surface area contributed by atoms with Gasteiger partial charge in [-0.2, -0.15) is 0 Å². The maximum atomic E-state index is 14.7. The number of Topliss-reactive ketones (excluding diaryl/α,β-unsaturated/α-hetero) is 1. The minimum absolute atomic E-state index is 0.0141. The average Bonchev–Trinajstić information content (AvgIpc) is 3.80. The van der Waals surface area contributed by atoms with Crippen LogP contribution >= 0.6 is 0 Å². The van der Waals surface area contributed by atoms with E-state index in [2.05, 4.69) is 59.1 Å². The lowest BCUT2D eigenvalue weighted by atomic mass is 9.33. The number of rotatable bonds is 9. The Morgan fingerprint density at radius 1 is 0.774 bits per heavy atom. The fourth-order valence-corrected chi connectivity index (χ4v) is 16.1. The molecule has 7 aliphatic rings. The van der Waals surface area contributed by atoms with Crippen molar-refractivity contribution in [2.75, 3.05) is 0 Å². The van der Waals surface area contributed by atoms with E-state index in [9.17, 15) is 29.1 Å². The van der Waals surface area contributed by atoms with Crippen LogP contribution in [0.1, 0.15) is 172 Å². The Balaban J connectivity index is 1.04. The lowest BCUT2D eigenvalue weighted by molar-refractivity contribution is -0.235. The molecule has 0 aliphatic heterocycles. The summed E-state index contributed by atoms with van der Waals surface area (Å²) in [7, 11) is 0. The zero-order valence-electron chi connectivity index (χ0n) is 39.7. The molecule has 10 atom stereocenters. The van der Waals surface area contributed by atoms with Gasteiger partial charge in [0, 0.05) is 11.8 Å².